The van der Waals surface area contributed by atoms with Crippen LogP contribution in [0.3, 0.4) is 0 Å². The van der Waals surface area contributed by atoms with Crippen molar-refractivity contribution in [3.05, 3.63) is 0 Å². The predicted molar refractivity (Wildman–Crippen MR) is 240 cm³/mol. The summed E-state index contributed by atoms with van der Waals surface area (Å²) < 4.78 is 0. The average Bonchev–Trinajstić information content (AvgIpc) is 3.26. The van der Waals surface area contributed by atoms with E-state index in [4.69, 9.17) is 0 Å². The molecule has 2 heterocycles. The monoisotopic (exact) mass is 957 g/mol. The van der Waals surface area contributed by atoms with Crippen molar-refractivity contribution >= 4 is 60.9 Å². The fourth-order valence-electron chi connectivity index (χ4n) is 8.03. The summed E-state index contributed by atoms with van der Waals surface area (Å²) in [5, 5.41) is 56.8. The molecule has 2 aliphatic heterocycles. The van der Waals surface area contributed by atoms with Crippen molar-refractivity contribution in [2.75, 3.05) is 144 Å². The maximum absolute atomic E-state index is 13.0. The molecular formula is C42H72N10O15. The fourth-order valence-corrected chi connectivity index (χ4v) is 8.03. The number of nitrogens with zero attached hydrogens (tertiary/aromatic N) is 7. The molecular weight excluding hydrogens is 885 g/mol. The molecule has 0 aromatic carbocycles. The van der Waals surface area contributed by atoms with Gasteiger partial charge in [0.1, 0.15) is 31.2 Å². The number of aliphatic carboxylic acids is 5. The third-order valence-corrected chi connectivity index (χ3v) is 11.8. The van der Waals surface area contributed by atoms with Gasteiger partial charge in [-0.15, -0.1) is 0 Å². The van der Waals surface area contributed by atoms with Crippen LogP contribution in [-0.2, 0) is 47.9 Å². The second kappa shape index (κ2) is 33.6. The molecule has 2 fully saturated rings. The van der Waals surface area contributed by atoms with Crippen molar-refractivity contribution in [2.24, 2.45) is 0 Å². The lowest BCUT2D eigenvalue weighted by Crippen LogP contribution is -2.52. The molecule has 0 aromatic heterocycles. The number of nitrogens with one attached hydrogen (secondary N) is 3. The molecule has 380 valence electrons. The summed E-state index contributed by atoms with van der Waals surface area (Å²) in [6.07, 6.45) is 3.78. The number of amides is 1. The Hall–Kier alpha value is -4.86. The van der Waals surface area contributed by atoms with Gasteiger partial charge in [0.2, 0.25) is 5.91 Å². The first kappa shape index (κ1) is 58.3. The quantitative estimate of drug-likeness (QED) is 0.0270. The van der Waals surface area contributed by atoms with E-state index in [0.717, 1.165) is 6.29 Å². The minimum atomic E-state index is -1.16. The number of rotatable bonds is 28. The zero-order valence-electron chi connectivity index (χ0n) is 38.4. The maximum atomic E-state index is 13.0. The van der Waals surface area contributed by atoms with Gasteiger partial charge in [-0.2, -0.15) is 0 Å². The summed E-state index contributed by atoms with van der Waals surface area (Å²) in [6, 6.07) is -3.53. The summed E-state index contributed by atoms with van der Waals surface area (Å²) in [4.78, 5) is 132. The van der Waals surface area contributed by atoms with E-state index in [-0.39, 0.29) is 111 Å². The molecule has 1 amide bonds. The Bertz CT molecular complexity index is 1580. The van der Waals surface area contributed by atoms with Crippen LogP contribution in [0.15, 0.2) is 0 Å². The normalized spacial score (nSPS) is 19.9. The van der Waals surface area contributed by atoms with Crippen molar-refractivity contribution in [3.8, 4) is 0 Å². The smallest absolute Gasteiger partial charge is 0.320 e. The first-order valence-corrected chi connectivity index (χ1v) is 22.8. The molecule has 0 radical (unpaired) electrons. The van der Waals surface area contributed by atoms with Crippen LogP contribution >= 0.6 is 0 Å². The van der Waals surface area contributed by atoms with E-state index in [0.29, 0.717) is 90.6 Å². The summed E-state index contributed by atoms with van der Waals surface area (Å²) in [7, 11) is 0. The van der Waals surface area contributed by atoms with E-state index in [1.165, 1.54) is 0 Å². The summed E-state index contributed by atoms with van der Waals surface area (Å²) in [6.45, 7) is 3.97. The van der Waals surface area contributed by atoms with Gasteiger partial charge in [0.25, 0.3) is 0 Å². The Balaban J connectivity index is 1.94. The number of carbonyl (C=O) groups excluding carboxylic acids is 5. The molecule has 0 saturated carbocycles. The minimum absolute atomic E-state index is 0.0792. The van der Waals surface area contributed by atoms with E-state index < -0.39 is 59.9 Å². The number of unbranched alkanes of at least 4 members (excludes halogenated alkanes) is 1. The van der Waals surface area contributed by atoms with E-state index in [1.807, 2.05) is 9.80 Å². The SMILES string of the molecule is O=CCN1CCN(CC(=O)O)CCN(CC(=O)O)CCN(C(C=O)CCC(=O)N[C@H](C=O)CCCCNC(C=O)CC(C(=O)O)N2CCNCCN(CC(=O)O)CCN(CC(=O)O)CC2)CC1. The van der Waals surface area contributed by atoms with Gasteiger partial charge < -0.3 is 60.7 Å². The zero-order chi connectivity index (χ0) is 49.6. The Morgan fingerprint density at radius 2 is 0.985 bits per heavy atom. The van der Waals surface area contributed by atoms with Crippen LogP contribution < -0.4 is 16.0 Å². The second-order valence-electron chi connectivity index (χ2n) is 16.8. The van der Waals surface area contributed by atoms with Crippen LogP contribution in [0.4, 0.5) is 0 Å². The van der Waals surface area contributed by atoms with Gasteiger partial charge in [-0.3, -0.25) is 63.1 Å². The Kier molecular flexibility index (Phi) is 29.2. The van der Waals surface area contributed by atoms with Crippen molar-refractivity contribution in [2.45, 2.75) is 62.7 Å². The van der Waals surface area contributed by atoms with Gasteiger partial charge in [0.15, 0.2) is 0 Å². The molecule has 2 aliphatic rings. The van der Waals surface area contributed by atoms with Crippen LogP contribution in [0.2, 0.25) is 0 Å². The van der Waals surface area contributed by atoms with Crippen LogP contribution in [0.1, 0.15) is 38.5 Å². The van der Waals surface area contributed by atoms with Gasteiger partial charge in [0.05, 0.1) is 50.8 Å². The molecule has 0 aromatic rings. The second-order valence-corrected chi connectivity index (χ2v) is 16.8. The van der Waals surface area contributed by atoms with Gasteiger partial charge in [-0.05, 0) is 38.6 Å². The maximum Gasteiger partial charge on any atom is 0.320 e. The van der Waals surface area contributed by atoms with E-state index in [1.54, 1.807) is 24.5 Å². The lowest BCUT2D eigenvalue weighted by molar-refractivity contribution is -0.144. The number of aldehydes is 4. The largest absolute Gasteiger partial charge is 0.480 e. The molecule has 0 aliphatic carbocycles. The van der Waals surface area contributed by atoms with E-state index in [9.17, 15) is 73.5 Å². The summed E-state index contributed by atoms with van der Waals surface area (Å²) in [5.41, 5.74) is 0. The molecule has 2 saturated heterocycles. The van der Waals surface area contributed by atoms with Crippen LogP contribution in [-0.4, -0.2) is 289 Å². The highest BCUT2D eigenvalue weighted by Gasteiger charge is 2.30. The highest BCUT2D eigenvalue weighted by atomic mass is 16.4. The van der Waals surface area contributed by atoms with Crippen LogP contribution in [0.25, 0.3) is 0 Å². The van der Waals surface area contributed by atoms with Crippen molar-refractivity contribution < 1.29 is 73.5 Å². The molecule has 3 unspecified atom stereocenters. The number of carboxylic acids is 5. The van der Waals surface area contributed by atoms with E-state index >= 15 is 0 Å². The van der Waals surface area contributed by atoms with E-state index in [2.05, 4.69) is 16.0 Å². The van der Waals surface area contributed by atoms with Crippen LogP contribution in [0, 0.1) is 0 Å². The van der Waals surface area contributed by atoms with Crippen LogP contribution in [0.5, 0.6) is 0 Å². The van der Waals surface area contributed by atoms with Crippen molar-refractivity contribution in [3.63, 3.8) is 0 Å². The first-order chi connectivity index (χ1) is 32.1. The molecule has 0 bridgehead atoms. The third kappa shape index (κ3) is 25.7. The third-order valence-electron chi connectivity index (χ3n) is 11.8. The lowest BCUT2D eigenvalue weighted by atomic mass is 10.1. The molecule has 2 rings (SSSR count). The van der Waals surface area contributed by atoms with Gasteiger partial charge in [-0.25, -0.2) is 0 Å². The number of hydrogen-bond acceptors (Lipinski definition) is 19. The minimum Gasteiger partial charge on any atom is -0.480 e. The number of carboxylic acid groups (broad SMARTS) is 5. The van der Waals surface area contributed by atoms with Crippen molar-refractivity contribution in [1.29, 1.82) is 0 Å². The van der Waals surface area contributed by atoms with Gasteiger partial charge >= 0.3 is 29.8 Å². The Labute approximate surface area is 390 Å². The van der Waals surface area contributed by atoms with Gasteiger partial charge in [0, 0.05) is 111 Å². The number of carbonyl (C=O) groups is 10. The lowest BCUT2D eigenvalue weighted by Gasteiger charge is -2.35. The highest BCUT2D eigenvalue weighted by molar-refractivity contribution is 5.80. The van der Waals surface area contributed by atoms with Crippen molar-refractivity contribution in [1.82, 2.24) is 50.2 Å². The Morgan fingerprint density at radius 1 is 0.522 bits per heavy atom. The Morgan fingerprint density at radius 3 is 1.46 bits per heavy atom. The summed E-state index contributed by atoms with van der Waals surface area (Å²) in [5.74, 6) is -5.81. The molecule has 25 nitrogen and oxygen atoms in total. The molecule has 8 N–H and O–H groups in total. The fraction of sp³-hybridized carbons (Fsp3) is 0.762. The molecule has 4 atom stereocenters. The predicted octanol–water partition coefficient (Wildman–Crippen LogP) is -4.54. The standard InChI is InChI=1S/C42H72N10O15/c53-24-23-46-11-12-48(27-39(60)61)15-16-49(28-40(62)63)18-21-51(20-17-46)35(32-56)4-5-37(57)45-33(30-54)3-1-2-6-44-34(31-55)25-36(42(66)67)52-10-8-43-7-9-47(26-38(58)59)13-14-50(19-22-52)29-41(64)65/h24,30-36,43-44H,1-23,25-29H2,(H,45,57)(H,58,59)(H,60,61)(H,62,63)(H,64,65)(H,66,67)/t33-,34?,35?,36?/m0/s1. The average molecular weight is 957 g/mol. The summed E-state index contributed by atoms with van der Waals surface area (Å²) >= 11 is 0. The zero-order valence-corrected chi connectivity index (χ0v) is 38.4. The molecule has 67 heavy (non-hydrogen) atoms. The topological polar surface area (TPSA) is 331 Å². The number of hydrogen-bond donors (Lipinski definition) is 8. The van der Waals surface area contributed by atoms with Gasteiger partial charge in [-0.1, -0.05) is 0 Å². The first-order valence-electron chi connectivity index (χ1n) is 22.8. The molecule has 25 heteroatoms. The molecule has 0 spiro atoms. The highest BCUT2D eigenvalue weighted by Crippen LogP contribution is 2.12.